The highest BCUT2D eigenvalue weighted by molar-refractivity contribution is 8.13. The number of phenolic OH excluding ortho intramolecular Hbond substituents is 1. The number of hydrogen-bond donors (Lipinski definition) is 1. The molecule has 0 saturated carbocycles. The number of allylic oxidation sites excluding steroid dienone is 1. The van der Waals surface area contributed by atoms with Crippen LogP contribution in [0.4, 0.5) is 0 Å². The van der Waals surface area contributed by atoms with Crippen LogP contribution in [0.15, 0.2) is 34.5 Å². The Morgan fingerprint density at radius 3 is 2.68 bits per heavy atom. The molecular weight excluding hydrogens is 300 g/mol. The zero-order valence-corrected chi connectivity index (χ0v) is 14.2. The third-order valence-corrected chi connectivity index (χ3v) is 4.52. The van der Waals surface area contributed by atoms with Crippen LogP contribution in [0.2, 0.25) is 0 Å². The molecule has 6 heteroatoms. The number of ketones is 1. The van der Waals surface area contributed by atoms with E-state index in [1.807, 2.05) is 25.1 Å². The van der Waals surface area contributed by atoms with Crippen LogP contribution in [0.25, 0.3) is 0 Å². The second kappa shape index (κ2) is 6.44. The van der Waals surface area contributed by atoms with Crippen LogP contribution in [0.1, 0.15) is 25.5 Å². The molecule has 0 radical (unpaired) electrons. The van der Waals surface area contributed by atoms with Crippen LogP contribution < -0.4 is 4.74 Å². The van der Waals surface area contributed by atoms with Crippen molar-refractivity contribution < 1.29 is 14.6 Å². The van der Waals surface area contributed by atoms with Crippen molar-refractivity contribution in [2.45, 2.75) is 19.9 Å². The zero-order valence-electron chi connectivity index (χ0n) is 13.4. The first kappa shape index (κ1) is 16.4. The molecule has 0 aliphatic carbocycles. The lowest BCUT2D eigenvalue weighted by Crippen LogP contribution is -2.31. The molecule has 5 nitrogen and oxygen atoms in total. The van der Waals surface area contributed by atoms with Gasteiger partial charge in [0.1, 0.15) is 6.04 Å². The monoisotopic (exact) mass is 320 g/mol. The Labute approximate surface area is 134 Å². The van der Waals surface area contributed by atoms with E-state index in [4.69, 9.17) is 9.73 Å². The third-order valence-electron chi connectivity index (χ3n) is 3.77. The van der Waals surface area contributed by atoms with Crippen LogP contribution >= 0.6 is 11.8 Å². The Hall–Kier alpha value is -1.95. The minimum Gasteiger partial charge on any atom is -0.504 e. The molecule has 0 spiro atoms. The summed E-state index contributed by atoms with van der Waals surface area (Å²) in [5.41, 5.74) is 2.37. The average molecular weight is 320 g/mol. The van der Waals surface area contributed by atoms with Gasteiger partial charge in [-0.15, -0.1) is 0 Å². The Morgan fingerprint density at radius 1 is 1.45 bits per heavy atom. The quantitative estimate of drug-likeness (QED) is 0.927. The second-order valence-corrected chi connectivity index (χ2v) is 5.84. The number of ether oxygens (including phenoxy) is 1. The number of carbonyl (C=O) groups is 1. The Bertz CT molecular complexity index is 667. The Morgan fingerprint density at radius 2 is 2.14 bits per heavy atom. The second-order valence-electron chi connectivity index (χ2n) is 5.06. The van der Waals surface area contributed by atoms with Crippen molar-refractivity contribution in [3.05, 3.63) is 35.0 Å². The third kappa shape index (κ3) is 2.83. The van der Waals surface area contributed by atoms with Crippen LogP contribution in [0.3, 0.4) is 0 Å². The molecule has 1 heterocycles. The standard InChI is InChI=1S/C16H20N2O3S/c1-9-14(10(2)19)15(17-16(22-5)18(9)3)11-6-7-12(20)13(8-11)21-4/h6-8,15,20H,1-5H3/t15-/m0/s1. The molecule has 1 aromatic carbocycles. The lowest BCUT2D eigenvalue weighted by atomic mass is 9.93. The fraction of sp³-hybridized carbons (Fsp3) is 0.375. The number of aliphatic imine (C=N–C) groups is 1. The molecule has 0 amide bonds. The number of benzene rings is 1. The minimum atomic E-state index is -0.384. The van der Waals surface area contributed by atoms with E-state index >= 15 is 0 Å². The van der Waals surface area contributed by atoms with Gasteiger partial charge in [-0.05, 0) is 37.8 Å². The maximum Gasteiger partial charge on any atom is 0.163 e. The average Bonchev–Trinajstić information content (AvgIpc) is 2.49. The van der Waals surface area contributed by atoms with Crippen LogP contribution in [0.5, 0.6) is 11.5 Å². The van der Waals surface area contributed by atoms with Crippen molar-refractivity contribution >= 4 is 22.7 Å². The van der Waals surface area contributed by atoms with E-state index in [9.17, 15) is 9.90 Å². The Kier molecular flexibility index (Phi) is 4.81. The van der Waals surface area contributed by atoms with Gasteiger partial charge < -0.3 is 14.7 Å². The van der Waals surface area contributed by atoms with E-state index in [1.165, 1.54) is 18.9 Å². The number of carbonyl (C=O) groups excluding carboxylic acids is 1. The zero-order chi connectivity index (χ0) is 16.4. The van der Waals surface area contributed by atoms with Crippen molar-refractivity contribution in [1.29, 1.82) is 0 Å². The molecule has 22 heavy (non-hydrogen) atoms. The molecule has 1 aromatic rings. The van der Waals surface area contributed by atoms with Crippen molar-refractivity contribution in [2.75, 3.05) is 20.4 Å². The van der Waals surface area contributed by atoms with E-state index in [0.29, 0.717) is 11.3 Å². The molecule has 2 rings (SSSR count). The van der Waals surface area contributed by atoms with Gasteiger partial charge in [0.25, 0.3) is 0 Å². The molecule has 1 N–H and O–H groups in total. The van der Waals surface area contributed by atoms with Gasteiger partial charge in [0.15, 0.2) is 22.4 Å². The summed E-state index contributed by atoms with van der Waals surface area (Å²) in [7, 11) is 3.40. The first-order valence-electron chi connectivity index (χ1n) is 6.84. The maximum atomic E-state index is 12.1. The van der Waals surface area contributed by atoms with Gasteiger partial charge in [0.05, 0.1) is 7.11 Å². The molecule has 118 valence electrons. The SMILES string of the molecule is COc1cc([C@@H]2N=C(SC)N(C)C(C)=C2C(C)=O)ccc1O. The number of Topliss-reactive ketones (excluding diaryl/α,β-unsaturated/α-hetero) is 1. The van der Waals surface area contributed by atoms with Crippen molar-refractivity contribution in [3.8, 4) is 11.5 Å². The van der Waals surface area contributed by atoms with Gasteiger partial charge >= 0.3 is 0 Å². The number of aromatic hydroxyl groups is 1. The van der Waals surface area contributed by atoms with E-state index in [0.717, 1.165) is 16.4 Å². The van der Waals surface area contributed by atoms with Crippen molar-refractivity contribution in [2.24, 2.45) is 4.99 Å². The molecule has 1 aliphatic rings. The van der Waals surface area contributed by atoms with Gasteiger partial charge in [-0.3, -0.25) is 4.79 Å². The van der Waals surface area contributed by atoms with E-state index < -0.39 is 0 Å². The molecule has 0 aromatic heterocycles. The molecule has 0 unspecified atom stereocenters. The number of hydrogen-bond acceptors (Lipinski definition) is 6. The van der Waals surface area contributed by atoms with Gasteiger partial charge in [-0.2, -0.15) is 0 Å². The van der Waals surface area contributed by atoms with Gasteiger partial charge in [-0.25, -0.2) is 4.99 Å². The minimum absolute atomic E-state index is 0.00899. The topological polar surface area (TPSA) is 62.1 Å². The first-order chi connectivity index (χ1) is 10.4. The molecule has 1 aliphatic heterocycles. The van der Waals surface area contributed by atoms with Gasteiger partial charge in [-0.1, -0.05) is 17.8 Å². The summed E-state index contributed by atoms with van der Waals surface area (Å²) in [5, 5.41) is 10.6. The first-order valence-corrected chi connectivity index (χ1v) is 8.07. The van der Waals surface area contributed by atoms with Crippen LogP contribution in [0, 0.1) is 0 Å². The van der Waals surface area contributed by atoms with E-state index in [-0.39, 0.29) is 17.6 Å². The largest absolute Gasteiger partial charge is 0.504 e. The summed E-state index contributed by atoms with van der Waals surface area (Å²) in [6, 6.07) is 4.67. The summed E-state index contributed by atoms with van der Waals surface area (Å²) >= 11 is 1.53. The molecule has 0 bridgehead atoms. The number of phenols is 1. The highest BCUT2D eigenvalue weighted by Crippen LogP contribution is 2.38. The highest BCUT2D eigenvalue weighted by Gasteiger charge is 2.30. The fourth-order valence-corrected chi connectivity index (χ4v) is 3.15. The summed E-state index contributed by atoms with van der Waals surface area (Å²) in [6.07, 6.45) is 1.95. The number of amidine groups is 1. The number of nitrogens with zero attached hydrogens (tertiary/aromatic N) is 2. The smallest absolute Gasteiger partial charge is 0.163 e. The van der Waals surface area contributed by atoms with E-state index in [2.05, 4.69) is 0 Å². The molecule has 1 atom stereocenters. The highest BCUT2D eigenvalue weighted by atomic mass is 32.2. The van der Waals surface area contributed by atoms with Crippen molar-refractivity contribution in [1.82, 2.24) is 4.90 Å². The lowest BCUT2D eigenvalue weighted by Gasteiger charge is -2.31. The van der Waals surface area contributed by atoms with Crippen molar-refractivity contribution in [3.63, 3.8) is 0 Å². The van der Waals surface area contributed by atoms with Crippen LogP contribution in [-0.2, 0) is 4.79 Å². The number of rotatable bonds is 3. The molecule has 0 saturated heterocycles. The predicted molar refractivity (Wildman–Crippen MR) is 89.5 cm³/mol. The fourth-order valence-electron chi connectivity index (χ4n) is 2.53. The van der Waals surface area contributed by atoms with Gasteiger partial charge in [0, 0.05) is 18.3 Å². The summed E-state index contributed by atoms with van der Waals surface area (Å²) < 4.78 is 5.16. The summed E-state index contributed by atoms with van der Waals surface area (Å²) in [5.74, 6) is 0.432. The van der Waals surface area contributed by atoms with Crippen LogP contribution in [-0.4, -0.2) is 41.4 Å². The number of thioether (sulfide) groups is 1. The molecular formula is C16H20N2O3S. The maximum absolute atomic E-state index is 12.1. The number of methoxy groups -OCH3 is 1. The summed E-state index contributed by atoms with van der Waals surface area (Å²) in [4.78, 5) is 18.7. The predicted octanol–water partition coefficient (Wildman–Crippen LogP) is 2.97. The lowest BCUT2D eigenvalue weighted by molar-refractivity contribution is -0.114. The Balaban J connectivity index is 2.59. The summed E-state index contributed by atoms with van der Waals surface area (Å²) in [6.45, 7) is 3.48. The van der Waals surface area contributed by atoms with E-state index in [1.54, 1.807) is 25.1 Å². The van der Waals surface area contributed by atoms with Gasteiger partial charge in [0.2, 0.25) is 0 Å². The normalized spacial score (nSPS) is 18.3. The molecule has 0 fully saturated rings.